The number of allylic oxidation sites excluding steroid dienone is 2. The minimum Gasteiger partial charge on any atom is -0.387 e. The van der Waals surface area contributed by atoms with Crippen molar-refractivity contribution >= 4 is 34.6 Å². The molecule has 1 aliphatic carbocycles. The van der Waals surface area contributed by atoms with Crippen molar-refractivity contribution in [2.24, 2.45) is 27.4 Å². The Hall–Kier alpha value is -1.91. The number of thiazole rings is 1. The number of rotatable bonds is 8. The Labute approximate surface area is 194 Å². The molecule has 1 aromatic rings. The molecule has 0 spiro atoms. The summed E-state index contributed by atoms with van der Waals surface area (Å²) < 4.78 is 11.3. The van der Waals surface area contributed by atoms with E-state index in [4.69, 9.17) is 20.9 Å². The molecular weight excluding hydrogens is 424 g/mol. The topological polar surface area (TPSA) is 111 Å². The highest BCUT2D eigenvalue weighted by molar-refractivity contribution is 7.15. The second-order valence-electron chi connectivity index (χ2n) is 8.84. The molecule has 3 unspecified atom stereocenters. The van der Waals surface area contributed by atoms with Crippen LogP contribution in [0.1, 0.15) is 30.8 Å². The Morgan fingerprint density at radius 1 is 1.38 bits per heavy atom. The average Bonchev–Trinajstić information content (AvgIpc) is 3.15. The number of hydrogen-bond acceptors (Lipinski definition) is 8. The number of morpholine rings is 1. The number of amidine groups is 1. The zero-order valence-corrected chi connectivity index (χ0v) is 19.8. The van der Waals surface area contributed by atoms with Crippen LogP contribution in [0.2, 0.25) is 0 Å². The van der Waals surface area contributed by atoms with E-state index in [1.807, 2.05) is 6.21 Å². The summed E-state index contributed by atoms with van der Waals surface area (Å²) in [6, 6.07) is -0.0470. The van der Waals surface area contributed by atoms with Crippen molar-refractivity contribution in [1.29, 1.82) is 0 Å². The molecule has 8 nitrogen and oxygen atoms in total. The molecular formula is C23H34N6O2S. The predicted molar refractivity (Wildman–Crippen MR) is 131 cm³/mol. The molecule has 3 atom stereocenters. The molecule has 0 saturated carbocycles. The molecule has 4 rings (SSSR count). The quantitative estimate of drug-likeness (QED) is 0.456. The van der Waals surface area contributed by atoms with E-state index in [9.17, 15) is 0 Å². The van der Waals surface area contributed by atoms with Gasteiger partial charge >= 0.3 is 0 Å². The smallest absolute Gasteiger partial charge is 0.211 e. The van der Waals surface area contributed by atoms with Crippen LogP contribution >= 0.6 is 11.3 Å². The number of fused-ring (bicyclic) bond motifs is 1. The normalized spacial score (nSPS) is 25.1. The second-order valence-corrected chi connectivity index (χ2v) is 9.90. The molecule has 0 aromatic carbocycles. The largest absolute Gasteiger partial charge is 0.387 e. The van der Waals surface area contributed by atoms with E-state index in [0.717, 1.165) is 45.0 Å². The summed E-state index contributed by atoms with van der Waals surface area (Å²) in [5, 5.41) is 0.698. The van der Waals surface area contributed by atoms with Crippen LogP contribution in [-0.4, -0.2) is 79.6 Å². The van der Waals surface area contributed by atoms with Gasteiger partial charge in [-0.15, -0.1) is 0 Å². The number of dihydropyridines is 1. The molecule has 174 valence electrons. The standard InChI is InChI=1S/C23H34N6O2S/c1-15(2)31-19-9-17(12-26-13-19)16-3-4-20-21(10-16)32-23(27-20)28-22(25)11-18(24)14-29-5-7-30-8-6-29/h3-4,9,12,15-16,18-19H,5-8,10-11,13-14,24H2,1-2H3,(H2,25,27,28). The van der Waals surface area contributed by atoms with Gasteiger partial charge in [-0.2, -0.15) is 0 Å². The first-order valence-corrected chi connectivity index (χ1v) is 12.2. The van der Waals surface area contributed by atoms with Gasteiger partial charge in [0.25, 0.3) is 0 Å². The fourth-order valence-electron chi connectivity index (χ4n) is 4.22. The molecule has 1 saturated heterocycles. The molecule has 3 heterocycles. The molecule has 0 amide bonds. The maximum Gasteiger partial charge on any atom is 0.211 e. The SMILES string of the molecule is CC(C)OC1C=C(C2C=Cc3nc(N=C(N)CC(N)CN4CCOCC4)sc3C2)C=NC1. The van der Waals surface area contributed by atoms with Crippen molar-refractivity contribution < 1.29 is 9.47 Å². The lowest BCUT2D eigenvalue weighted by Crippen LogP contribution is -2.44. The number of nitrogens with two attached hydrogens (primary N) is 2. The van der Waals surface area contributed by atoms with Gasteiger partial charge in [-0.05, 0) is 38.0 Å². The van der Waals surface area contributed by atoms with Crippen LogP contribution in [0.15, 0.2) is 27.7 Å². The lowest BCUT2D eigenvalue weighted by atomic mass is 9.89. The summed E-state index contributed by atoms with van der Waals surface area (Å²) in [7, 11) is 0. The molecule has 1 fully saturated rings. The van der Waals surface area contributed by atoms with Crippen LogP contribution in [0.25, 0.3) is 6.08 Å². The lowest BCUT2D eigenvalue weighted by Gasteiger charge is -2.28. The number of nitrogens with zero attached hydrogens (tertiary/aromatic N) is 4. The first-order chi connectivity index (χ1) is 15.5. The fraction of sp³-hybridized carbons (Fsp3) is 0.609. The van der Waals surface area contributed by atoms with Crippen LogP contribution in [0.4, 0.5) is 5.13 Å². The minimum atomic E-state index is -0.0470. The molecule has 0 bridgehead atoms. The maximum atomic E-state index is 6.30. The van der Waals surface area contributed by atoms with Crippen LogP contribution in [0, 0.1) is 5.92 Å². The van der Waals surface area contributed by atoms with Crippen LogP contribution in [0.5, 0.6) is 0 Å². The third kappa shape index (κ3) is 6.32. The van der Waals surface area contributed by atoms with Crippen LogP contribution in [-0.2, 0) is 15.9 Å². The molecule has 4 N–H and O–H groups in total. The van der Waals surface area contributed by atoms with Gasteiger partial charge in [0.1, 0.15) is 5.84 Å². The number of ether oxygens (including phenoxy) is 2. The maximum absolute atomic E-state index is 6.30. The lowest BCUT2D eigenvalue weighted by molar-refractivity contribution is 0.0356. The van der Waals surface area contributed by atoms with E-state index in [2.05, 4.69) is 51.9 Å². The first-order valence-electron chi connectivity index (χ1n) is 11.4. The highest BCUT2D eigenvalue weighted by atomic mass is 32.1. The average molecular weight is 459 g/mol. The van der Waals surface area contributed by atoms with Crippen LogP contribution in [0.3, 0.4) is 0 Å². The summed E-state index contributed by atoms with van der Waals surface area (Å²) in [4.78, 5) is 17.3. The molecule has 2 aliphatic heterocycles. The zero-order valence-electron chi connectivity index (χ0n) is 18.9. The third-order valence-corrected chi connectivity index (χ3v) is 6.68. The predicted octanol–water partition coefficient (Wildman–Crippen LogP) is 2.17. The summed E-state index contributed by atoms with van der Waals surface area (Å²) in [6.45, 7) is 8.98. The summed E-state index contributed by atoms with van der Waals surface area (Å²) in [5.41, 5.74) is 14.7. The Morgan fingerprint density at radius 2 is 2.19 bits per heavy atom. The van der Waals surface area contributed by atoms with E-state index in [1.54, 1.807) is 11.3 Å². The Morgan fingerprint density at radius 3 is 2.97 bits per heavy atom. The Kier molecular flexibility index (Phi) is 7.85. The van der Waals surface area contributed by atoms with Gasteiger partial charge in [0.05, 0.1) is 37.7 Å². The van der Waals surface area contributed by atoms with Crippen molar-refractivity contribution in [3.05, 3.63) is 28.3 Å². The van der Waals surface area contributed by atoms with Crippen molar-refractivity contribution in [1.82, 2.24) is 9.88 Å². The number of aliphatic imine (C=N–C) groups is 2. The molecule has 9 heteroatoms. The van der Waals surface area contributed by atoms with Crippen molar-refractivity contribution in [3.8, 4) is 0 Å². The number of hydrogen-bond donors (Lipinski definition) is 2. The Bertz CT molecular complexity index is 900. The molecule has 0 radical (unpaired) electrons. The van der Waals surface area contributed by atoms with E-state index >= 15 is 0 Å². The molecule has 3 aliphatic rings. The van der Waals surface area contributed by atoms with Crippen molar-refractivity contribution in [2.45, 2.75) is 44.9 Å². The van der Waals surface area contributed by atoms with E-state index in [-0.39, 0.29) is 24.2 Å². The van der Waals surface area contributed by atoms with Gasteiger partial charge in [0.2, 0.25) is 5.13 Å². The van der Waals surface area contributed by atoms with Gasteiger partial charge in [0, 0.05) is 49.1 Å². The van der Waals surface area contributed by atoms with Crippen LogP contribution < -0.4 is 11.5 Å². The Balaban J connectivity index is 1.35. The highest BCUT2D eigenvalue weighted by Crippen LogP contribution is 2.35. The minimum absolute atomic E-state index is 0.0470. The van der Waals surface area contributed by atoms with Gasteiger partial charge in [0.15, 0.2) is 0 Å². The fourth-order valence-corrected chi connectivity index (χ4v) is 5.23. The van der Waals surface area contributed by atoms with Gasteiger partial charge < -0.3 is 20.9 Å². The number of aromatic nitrogens is 1. The highest BCUT2D eigenvalue weighted by Gasteiger charge is 2.23. The third-order valence-electron chi connectivity index (χ3n) is 5.69. The van der Waals surface area contributed by atoms with E-state index in [1.165, 1.54) is 10.5 Å². The monoisotopic (exact) mass is 458 g/mol. The summed E-state index contributed by atoms with van der Waals surface area (Å²) in [6.07, 6.45) is 10.2. The van der Waals surface area contributed by atoms with Gasteiger partial charge in [-0.3, -0.25) is 9.89 Å². The second kappa shape index (κ2) is 10.8. The van der Waals surface area contributed by atoms with E-state index in [0.29, 0.717) is 23.9 Å². The van der Waals surface area contributed by atoms with Gasteiger partial charge in [-0.25, -0.2) is 9.98 Å². The molecule has 32 heavy (non-hydrogen) atoms. The van der Waals surface area contributed by atoms with Gasteiger partial charge in [-0.1, -0.05) is 17.4 Å². The van der Waals surface area contributed by atoms with E-state index < -0.39 is 0 Å². The van der Waals surface area contributed by atoms with Crippen molar-refractivity contribution in [2.75, 3.05) is 39.4 Å². The molecule has 1 aromatic heterocycles. The summed E-state index contributed by atoms with van der Waals surface area (Å²) in [5.74, 6) is 0.814. The van der Waals surface area contributed by atoms with Crippen molar-refractivity contribution in [3.63, 3.8) is 0 Å². The first kappa shape index (κ1) is 23.3. The summed E-state index contributed by atoms with van der Waals surface area (Å²) >= 11 is 1.61. The zero-order chi connectivity index (χ0) is 22.5.